The van der Waals surface area contributed by atoms with Gasteiger partial charge in [-0.25, -0.2) is 9.98 Å². The summed E-state index contributed by atoms with van der Waals surface area (Å²) in [6.07, 6.45) is 8.41. The number of hydrogen-bond donors (Lipinski definition) is 4. The fraction of sp³-hybridized carbons (Fsp3) is 0.241. The predicted octanol–water partition coefficient (Wildman–Crippen LogP) is 4.91. The number of aliphatic hydroxyl groups is 1. The molecular weight excluding hydrogens is 464 g/mol. The molecule has 2 aromatic carbocycles. The lowest BCUT2D eigenvalue weighted by atomic mass is 9.92. The van der Waals surface area contributed by atoms with E-state index in [0.717, 1.165) is 64.5 Å². The van der Waals surface area contributed by atoms with E-state index in [0.29, 0.717) is 23.6 Å². The standard InChI is InChI=1S/C29H28N6O2/c30-28(37)24-9-4-17(14-25(24)35-19-5-7-20(36)8-6-19)27-23-3-1-2-21(22(23)10-11-32-27)18-15-26-29(34-16-18)33-13-12-31-26/h1-4,9-11,13-16,19-20,31,35-36H,5-8,12H2,(H2,30,37). The van der Waals surface area contributed by atoms with E-state index in [1.54, 1.807) is 6.07 Å². The second-order valence-electron chi connectivity index (χ2n) is 9.62. The molecule has 0 spiro atoms. The minimum atomic E-state index is -0.476. The third kappa shape index (κ3) is 4.51. The van der Waals surface area contributed by atoms with Crippen molar-refractivity contribution in [3.63, 3.8) is 0 Å². The SMILES string of the molecule is NC(=O)c1ccc(-c2nccc3c(-c4cnc5c(c4)NCC=N5)cccc23)cc1NC1CCC(O)CC1. The zero-order valence-corrected chi connectivity index (χ0v) is 20.3. The van der Waals surface area contributed by atoms with Crippen LogP contribution in [0.2, 0.25) is 0 Å². The molecule has 5 N–H and O–H groups in total. The second kappa shape index (κ2) is 9.63. The van der Waals surface area contributed by atoms with Crippen molar-refractivity contribution in [1.29, 1.82) is 0 Å². The van der Waals surface area contributed by atoms with Crippen molar-refractivity contribution in [2.75, 3.05) is 17.2 Å². The van der Waals surface area contributed by atoms with Gasteiger partial charge in [0.05, 0.1) is 29.6 Å². The number of nitrogens with two attached hydrogens (primary N) is 1. The number of hydrogen-bond acceptors (Lipinski definition) is 7. The van der Waals surface area contributed by atoms with Crippen LogP contribution in [-0.4, -0.2) is 45.9 Å². The molecule has 1 fully saturated rings. The molecule has 6 rings (SSSR count). The molecule has 3 heterocycles. The first kappa shape index (κ1) is 23.1. The van der Waals surface area contributed by atoms with Gasteiger partial charge in [0.1, 0.15) is 0 Å². The van der Waals surface area contributed by atoms with Gasteiger partial charge in [0.2, 0.25) is 0 Å². The molecule has 186 valence electrons. The van der Waals surface area contributed by atoms with Crippen molar-refractivity contribution in [3.8, 4) is 22.4 Å². The number of aliphatic hydroxyl groups excluding tert-OH is 1. The molecular formula is C29H28N6O2. The Morgan fingerprint density at radius 3 is 2.70 bits per heavy atom. The third-order valence-electron chi connectivity index (χ3n) is 7.20. The molecule has 8 nitrogen and oxygen atoms in total. The summed E-state index contributed by atoms with van der Waals surface area (Å²) in [4.78, 5) is 25.8. The number of carbonyl (C=O) groups is 1. The maximum Gasteiger partial charge on any atom is 0.250 e. The number of pyridine rings is 2. The van der Waals surface area contributed by atoms with Gasteiger partial charge in [-0.1, -0.05) is 24.3 Å². The quantitative estimate of drug-likeness (QED) is 0.314. The molecule has 0 unspecified atom stereocenters. The van der Waals surface area contributed by atoms with E-state index in [1.165, 1.54) is 0 Å². The summed E-state index contributed by atoms with van der Waals surface area (Å²) in [6, 6.07) is 16.1. The fourth-order valence-corrected chi connectivity index (χ4v) is 5.28. The Balaban J connectivity index is 1.41. The molecule has 0 radical (unpaired) electrons. The molecule has 1 aliphatic carbocycles. The van der Waals surface area contributed by atoms with E-state index in [2.05, 4.69) is 38.8 Å². The van der Waals surface area contributed by atoms with Crippen molar-refractivity contribution >= 4 is 40.1 Å². The molecule has 4 aromatic rings. The van der Waals surface area contributed by atoms with Crippen LogP contribution in [0.25, 0.3) is 33.2 Å². The lowest BCUT2D eigenvalue weighted by molar-refractivity contribution is 0.100. The zero-order chi connectivity index (χ0) is 25.4. The van der Waals surface area contributed by atoms with Gasteiger partial charge in [0, 0.05) is 46.9 Å². The molecule has 0 saturated heterocycles. The number of nitrogens with zero attached hydrogens (tertiary/aromatic N) is 3. The van der Waals surface area contributed by atoms with Crippen LogP contribution in [-0.2, 0) is 0 Å². The Morgan fingerprint density at radius 1 is 1.00 bits per heavy atom. The summed E-state index contributed by atoms with van der Waals surface area (Å²) in [5.41, 5.74) is 11.5. The highest BCUT2D eigenvalue weighted by molar-refractivity contribution is 6.05. The Labute approximate surface area is 214 Å². The average molecular weight is 493 g/mol. The van der Waals surface area contributed by atoms with Gasteiger partial charge in [-0.05, 0) is 60.9 Å². The van der Waals surface area contributed by atoms with E-state index in [4.69, 9.17) is 10.7 Å². The Bertz CT molecular complexity index is 1520. The maximum absolute atomic E-state index is 12.2. The van der Waals surface area contributed by atoms with Crippen molar-refractivity contribution in [3.05, 3.63) is 66.5 Å². The summed E-state index contributed by atoms with van der Waals surface area (Å²) in [5, 5.41) is 18.8. The summed E-state index contributed by atoms with van der Waals surface area (Å²) in [5.74, 6) is 0.218. The number of primary amides is 1. The lowest BCUT2D eigenvalue weighted by Gasteiger charge is -2.28. The first-order chi connectivity index (χ1) is 18.1. The highest BCUT2D eigenvalue weighted by atomic mass is 16.3. The van der Waals surface area contributed by atoms with E-state index < -0.39 is 5.91 Å². The number of fused-ring (bicyclic) bond motifs is 2. The van der Waals surface area contributed by atoms with Crippen LogP contribution in [0.3, 0.4) is 0 Å². The van der Waals surface area contributed by atoms with Crippen LogP contribution in [0.15, 0.2) is 65.9 Å². The predicted molar refractivity (Wildman–Crippen MR) is 147 cm³/mol. The van der Waals surface area contributed by atoms with Gasteiger partial charge >= 0.3 is 0 Å². The topological polar surface area (TPSA) is 126 Å². The molecule has 2 aliphatic rings. The second-order valence-corrected chi connectivity index (χ2v) is 9.62. The van der Waals surface area contributed by atoms with Crippen molar-refractivity contribution in [2.24, 2.45) is 10.7 Å². The summed E-state index contributed by atoms with van der Waals surface area (Å²) in [7, 11) is 0. The van der Waals surface area contributed by atoms with E-state index in [9.17, 15) is 9.90 Å². The number of nitrogens with one attached hydrogen (secondary N) is 2. The minimum Gasteiger partial charge on any atom is -0.393 e. The Kier molecular flexibility index (Phi) is 6.02. The van der Waals surface area contributed by atoms with Crippen LogP contribution in [0, 0.1) is 0 Å². The summed E-state index contributed by atoms with van der Waals surface area (Å²) < 4.78 is 0. The highest BCUT2D eigenvalue weighted by Gasteiger charge is 2.21. The minimum absolute atomic E-state index is 0.179. The number of aliphatic imine (C=N–C) groups is 1. The van der Waals surface area contributed by atoms with Crippen LogP contribution < -0.4 is 16.4 Å². The lowest BCUT2D eigenvalue weighted by Crippen LogP contribution is -2.29. The molecule has 1 aliphatic heterocycles. The summed E-state index contributed by atoms with van der Waals surface area (Å²) in [6.45, 7) is 0.681. The van der Waals surface area contributed by atoms with Crippen LogP contribution >= 0.6 is 0 Å². The number of amides is 1. The number of benzene rings is 2. The molecule has 37 heavy (non-hydrogen) atoms. The van der Waals surface area contributed by atoms with Crippen molar-refractivity contribution in [1.82, 2.24) is 9.97 Å². The van der Waals surface area contributed by atoms with Crippen LogP contribution in [0.4, 0.5) is 17.2 Å². The third-order valence-corrected chi connectivity index (χ3v) is 7.20. The highest BCUT2D eigenvalue weighted by Crippen LogP contribution is 2.37. The van der Waals surface area contributed by atoms with Crippen LogP contribution in [0.5, 0.6) is 0 Å². The first-order valence-corrected chi connectivity index (χ1v) is 12.6. The number of anilines is 2. The Hall–Kier alpha value is -4.30. The van der Waals surface area contributed by atoms with Gasteiger partial charge in [0.25, 0.3) is 5.91 Å². The van der Waals surface area contributed by atoms with Gasteiger partial charge in [-0.3, -0.25) is 9.78 Å². The number of carbonyl (C=O) groups excluding carboxylic acids is 1. The normalized spacial score (nSPS) is 18.7. The molecule has 8 heteroatoms. The van der Waals surface area contributed by atoms with Gasteiger partial charge in [-0.2, -0.15) is 0 Å². The molecule has 1 amide bonds. The molecule has 0 atom stereocenters. The van der Waals surface area contributed by atoms with Gasteiger partial charge < -0.3 is 21.5 Å². The van der Waals surface area contributed by atoms with E-state index in [-0.39, 0.29) is 12.1 Å². The van der Waals surface area contributed by atoms with Gasteiger partial charge in [-0.15, -0.1) is 0 Å². The van der Waals surface area contributed by atoms with Crippen molar-refractivity contribution in [2.45, 2.75) is 37.8 Å². The number of aromatic nitrogens is 2. The largest absolute Gasteiger partial charge is 0.393 e. The van der Waals surface area contributed by atoms with E-state index in [1.807, 2.05) is 42.9 Å². The maximum atomic E-state index is 12.2. The van der Waals surface area contributed by atoms with E-state index >= 15 is 0 Å². The fourth-order valence-electron chi connectivity index (χ4n) is 5.28. The molecule has 2 aromatic heterocycles. The summed E-state index contributed by atoms with van der Waals surface area (Å²) >= 11 is 0. The number of rotatable bonds is 5. The molecule has 0 bridgehead atoms. The Morgan fingerprint density at radius 2 is 1.86 bits per heavy atom. The smallest absolute Gasteiger partial charge is 0.250 e. The zero-order valence-electron chi connectivity index (χ0n) is 20.3. The van der Waals surface area contributed by atoms with Gasteiger partial charge in [0.15, 0.2) is 5.82 Å². The van der Waals surface area contributed by atoms with Crippen LogP contribution in [0.1, 0.15) is 36.0 Å². The van der Waals surface area contributed by atoms with Crippen molar-refractivity contribution < 1.29 is 9.90 Å². The molecule has 1 saturated carbocycles. The first-order valence-electron chi connectivity index (χ1n) is 12.6. The average Bonchev–Trinajstić information content (AvgIpc) is 2.93. The monoisotopic (exact) mass is 492 g/mol.